The van der Waals surface area contributed by atoms with E-state index in [4.69, 9.17) is 11.6 Å². The van der Waals surface area contributed by atoms with Crippen LogP contribution >= 0.6 is 23.4 Å². The fourth-order valence-electron chi connectivity index (χ4n) is 1.67. The molecule has 0 saturated heterocycles. The molecule has 2 aromatic carbocycles. The second-order valence-electron chi connectivity index (χ2n) is 4.02. The molecular formula is C14H10ClNO3S. The number of Topliss-reactive ketones (excluding diaryl/α,β-unsaturated/α-hetero) is 1. The van der Waals surface area contributed by atoms with Crippen LogP contribution in [-0.2, 0) is 0 Å². The van der Waals surface area contributed by atoms with Crippen molar-refractivity contribution in [2.24, 2.45) is 0 Å². The first-order valence-electron chi connectivity index (χ1n) is 5.71. The molecule has 2 aromatic rings. The van der Waals surface area contributed by atoms with Crippen molar-refractivity contribution in [3.63, 3.8) is 0 Å². The minimum Gasteiger partial charge on any atom is -0.294 e. The fourth-order valence-corrected chi connectivity index (χ4v) is 2.88. The van der Waals surface area contributed by atoms with Gasteiger partial charge in [-0.2, -0.15) is 0 Å². The molecule has 0 fully saturated rings. The van der Waals surface area contributed by atoms with E-state index < -0.39 is 4.92 Å². The number of hydrogen-bond acceptors (Lipinski definition) is 4. The normalized spacial score (nSPS) is 10.3. The quantitative estimate of drug-likeness (QED) is 0.470. The van der Waals surface area contributed by atoms with E-state index in [2.05, 4.69) is 0 Å². The second-order valence-corrected chi connectivity index (χ2v) is 5.55. The molecule has 0 atom stereocenters. The Morgan fingerprint density at radius 1 is 1.25 bits per heavy atom. The number of carbonyl (C=O) groups excluding carboxylic acids is 1. The van der Waals surface area contributed by atoms with Crippen molar-refractivity contribution >= 4 is 34.8 Å². The maximum atomic E-state index is 11.5. The Balaban J connectivity index is 2.38. The molecule has 0 aliphatic heterocycles. The number of hydrogen-bond donors (Lipinski definition) is 0. The molecule has 0 N–H and O–H groups in total. The number of nitro benzene ring substituents is 1. The molecule has 0 saturated carbocycles. The summed E-state index contributed by atoms with van der Waals surface area (Å²) in [7, 11) is 0. The average molecular weight is 308 g/mol. The molecule has 20 heavy (non-hydrogen) atoms. The summed E-state index contributed by atoms with van der Waals surface area (Å²) >= 11 is 7.07. The minimum atomic E-state index is -0.525. The Kier molecular flexibility index (Phi) is 4.42. The van der Waals surface area contributed by atoms with Gasteiger partial charge in [0, 0.05) is 21.4 Å². The van der Waals surface area contributed by atoms with Crippen molar-refractivity contribution in [1.82, 2.24) is 0 Å². The molecule has 0 heterocycles. The van der Waals surface area contributed by atoms with Gasteiger partial charge in [-0.3, -0.25) is 14.9 Å². The third-order valence-electron chi connectivity index (χ3n) is 2.61. The van der Waals surface area contributed by atoms with Crippen molar-refractivity contribution in [2.75, 3.05) is 0 Å². The van der Waals surface area contributed by atoms with E-state index in [1.807, 2.05) is 12.1 Å². The van der Waals surface area contributed by atoms with Crippen molar-refractivity contribution < 1.29 is 9.72 Å². The summed E-state index contributed by atoms with van der Waals surface area (Å²) in [5, 5.41) is 11.0. The Bertz CT molecular complexity index is 688. The zero-order valence-electron chi connectivity index (χ0n) is 10.5. The van der Waals surface area contributed by atoms with E-state index in [1.54, 1.807) is 18.2 Å². The summed E-state index contributed by atoms with van der Waals surface area (Å²) in [6, 6.07) is 11.7. The number of rotatable bonds is 4. The highest BCUT2D eigenvalue weighted by Gasteiger charge is 2.14. The Labute approximate surface area is 124 Å². The SMILES string of the molecule is CC(=O)c1ccccc1Sc1ccc(Cl)c([N+](=O)[O-])c1. The summed E-state index contributed by atoms with van der Waals surface area (Å²) in [4.78, 5) is 23.3. The lowest BCUT2D eigenvalue weighted by Gasteiger charge is -2.06. The van der Waals surface area contributed by atoms with Crippen LogP contribution in [0.2, 0.25) is 5.02 Å². The van der Waals surface area contributed by atoms with Gasteiger partial charge in [0.25, 0.3) is 5.69 Å². The summed E-state index contributed by atoms with van der Waals surface area (Å²) in [6.45, 7) is 1.49. The van der Waals surface area contributed by atoms with Crippen LogP contribution in [0.25, 0.3) is 0 Å². The number of ketones is 1. The summed E-state index contributed by atoms with van der Waals surface area (Å²) in [5.41, 5.74) is 0.451. The number of halogens is 1. The van der Waals surface area contributed by atoms with E-state index in [-0.39, 0.29) is 16.5 Å². The average Bonchev–Trinajstić information content (AvgIpc) is 2.41. The zero-order valence-corrected chi connectivity index (χ0v) is 12.1. The number of carbonyl (C=O) groups is 1. The van der Waals surface area contributed by atoms with Gasteiger partial charge in [-0.15, -0.1) is 0 Å². The van der Waals surface area contributed by atoms with E-state index in [0.717, 1.165) is 4.90 Å². The van der Waals surface area contributed by atoms with Crippen LogP contribution in [-0.4, -0.2) is 10.7 Å². The van der Waals surface area contributed by atoms with E-state index >= 15 is 0 Å². The van der Waals surface area contributed by atoms with Gasteiger partial charge in [-0.25, -0.2) is 0 Å². The van der Waals surface area contributed by atoms with Crippen LogP contribution < -0.4 is 0 Å². The molecule has 0 aliphatic rings. The Morgan fingerprint density at radius 3 is 2.60 bits per heavy atom. The molecule has 102 valence electrons. The lowest BCUT2D eigenvalue weighted by molar-refractivity contribution is -0.384. The molecular weight excluding hydrogens is 298 g/mol. The van der Waals surface area contributed by atoms with Crippen LogP contribution in [0, 0.1) is 10.1 Å². The second kappa shape index (κ2) is 6.07. The number of nitrogens with zero attached hydrogens (tertiary/aromatic N) is 1. The number of nitro groups is 1. The predicted molar refractivity (Wildman–Crippen MR) is 78.7 cm³/mol. The largest absolute Gasteiger partial charge is 0.294 e. The standard InChI is InChI=1S/C14H10ClNO3S/c1-9(17)11-4-2-3-5-14(11)20-10-6-7-12(15)13(8-10)16(18)19/h2-8H,1H3. The lowest BCUT2D eigenvalue weighted by atomic mass is 10.1. The molecule has 0 bridgehead atoms. The zero-order chi connectivity index (χ0) is 14.7. The van der Waals surface area contributed by atoms with Crippen LogP contribution in [0.5, 0.6) is 0 Å². The predicted octanol–water partition coefficient (Wildman–Crippen LogP) is 4.60. The minimum absolute atomic E-state index is 0.0448. The highest BCUT2D eigenvalue weighted by Crippen LogP contribution is 2.35. The maximum absolute atomic E-state index is 11.5. The van der Waals surface area contributed by atoms with Crippen molar-refractivity contribution in [2.45, 2.75) is 16.7 Å². The molecule has 0 spiro atoms. The van der Waals surface area contributed by atoms with E-state index in [0.29, 0.717) is 10.5 Å². The fraction of sp³-hybridized carbons (Fsp3) is 0.0714. The van der Waals surface area contributed by atoms with E-state index in [1.165, 1.54) is 30.8 Å². The molecule has 0 radical (unpaired) electrons. The molecule has 0 aliphatic carbocycles. The van der Waals surface area contributed by atoms with Gasteiger partial charge in [0.2, 0.25) is 0 Å². The first-order valence-corrected chi connectivity index (χ1v) is 6.90. The van der Waals surface area contributed by atoms with E-state index in [9.17, 15) is 14.9 Å². The molecule has 2 rings (SSSR count). The van der Waals surface area contributed by atoms with Crippen LogP contribution in [0.1, 0.15) is 17.3 Å². The highest BCUT2D eigenvalue weighted by molar-refractivity contribution is 7.99. The Hall–Kier alpha value is -1.85. The van der Waals surface area contributed by atoms with Crippen molar-refractivity contribution in [3.05, 3.63) is 63.2 Å². The number of benzene rings is 2. The summed E-state index contributed by atoms with van der Waals surface area (Å²) in [5.74, 6) is -0.0448. The first-order chi connectivity index (χ1) is 9.49. The molecule has 0 unspecified atom stereocenters. The third kappa shape index (κ3) is 3.18. The van der Waals surface area contributed by atoms with Crippen LogP contribution in [0.15, 0.2) is 52.3 Å². The van der Waals surface area contributed by atoms with Gasteiger partial charge in [-0.1, -0.05) is 41.6 Å². The smallest absolute Gasteiger partial charge is 0.289 e. The van der Waals surface area contributed by atoms with Crippen molar-refractivity contribution in [1.29, 1.82) is 0 Å². The maximum Gasteiger partial charge on any atom is 0.289 e. The highest BCUT2D eigenvalue weighted by atomic mass is 35.5. The van der Waals surface area contributed by atoms with Gasteiger partial charge < -0.3 is 0 Å². The lowest BCUT2D eigenvalue weighted by Crippen LogP contribution is -1.94. The van der Waals surface area contributed by atoms with Crippen LogP contribution in [0.3, 0.4) is 0 Å². The molecule has 0 amide bonds. The summed E-state index contributed by atoms with van der Waals surface area (Å²) < 4.78 is 0. The van der Waals surface area contributed by atoms with Crippen molar-refractivity contribution in [3.8, 4) is 0 Å². The van der Waals surface area contributed by atoms with Crippen LogP contribution in [0.4, 0.5) is 5.69 Å². The third-order valence-corrected chi connectivity index (χ3v) is 3.99. The van der Waals surface area contributed by atoms with Gasteiger partial charge in [0.15, 0.2) is 5.78 Å². The molecule has 6 heteroatoms. The van der Waals surface area contributed by atoms with Gasteiger partial charge >= 0.3 is 0 Å². The van der Waals surface area contributed by atoms with Gasteiger partial charge in [-0.05, 0) is 25.1 Å². The summed E-state index contributed by atoms with van der Waals surface area (Å²) in [6.07, 6.45) is 0. The topological polar surface area (TPSA) is 60.2 Å². The first kappa shape index (κ1) is 14.6. The van der Waals surface area contributed by atoms with Gasteiger partial charge in [0.05, 0.1) is 4.92 Å². The molecule has 4 nitrogen and oxygen atoms in total. The monoisotopic (exact) mass is 307 g/mol. The Morgan fingerprint density at radius 2 is 1.95 bits per heavy atom. The van der Waals surface area contributed by atoms with Gasteiger partial charge in [0.1, 0.15) is 5.02 Å². The molecule has 0 aromatic heterocycles.